The van der Waals surface area contributed by atoms with Crippen LogP contribution in [0, 0.1) is 0 Å². The molecule has 1 N–H and O–H groups in total. The number of ether oxygens (including phenoxy) is 1. The maximum atomic E-state index is 12.2. The van der Waals surface area contributed by atoms with Crippen molar-refractivity contribution in [2.24, 2.45) is 0 Å². The minimum atomic E-state index is -2.77. The van der Waals surface area contributed by atoms with E-state index in [4.69, 9.17) is 0 Å². The molecular weight excluding hydrogens is 300 g/mol. The predicted molar refractivity (Wildman–Crippen MR) is 85.9 cm³/mol. The van der Waals surface area contributed by atoms with Crippen LogP contribution in [-0.4, -0.2) is 61.7 Å². The van der Waals surface area contributed by atoms with Crippen molar-refractivity contribution >= 4 is 0 Å². The number of nitrogens with one attached hydrogen (secondary N) is 1. The van der Waals surface area contributed by atoms with Crippen molar-refractivity contribution in [1.29, 1.82) is 0 Å². The molecule has 4 nitrogen and oxygen atoms in total. The first-order chi connectivity index (χ1) is 11.1. The SMILES string of the molecule is CC(c1ccc(OC(F)F)cc1)N1CCN(C2CCNC2)CC1. The molecule has 0 radical (unpaired) electrons. The zero-order valence-corrected chi connectivity index (χ0v) is 13.5. The quantitative estimate of drug-likeness (QED) is 0.899. The lowest BCUT2D eigenvalue weighted by Gasteiger charge is -2.40. The molecule has 0 amide bonds. The summed E-state index contributed by atoms with van der Waals surface area (Å²) in [5.74, 6) is 0.217. The molecule has 0 aliphatic carbocycles. The molecule has 0 spiro atoms. The number of nitrogens with zero attached hydrogens (tertiary/aromatic N) is 2. The first kappa shape index (κ1) is 16.6. The van der Waals surface area contributed by atoms with E-state index in [1.54, 1.807) is 12.1 Å². The molecule has 2 fully saturated rings. The second-order valence-corrected chi connectivity index (χ2v) is 6.34. The second-order valence-electron chi connectivity index (χ2n) is 6.34. The van der Waals surface area contributed by atoms with Gasteiger partial charge in [-0.05, 0) is 37.6 Å². The summed E-state index contributed by atoms with van der Waals surface area (Å²) in [5, 5.41) is 3.43. The van der Waals surface area contributed by atoms with Gasteiger partial charge in [0.1, 0.15) is 5.75 Å². The Morgan fingerprint density at radius 1 is 1.13 bits per heavy atom. The van der Waals surface area contributed by atoms with Crippen LogP contribution in [-0.2, 0) is 0 Å². The minimum Gasteiger partial charge on any atom is -0.435 e. The molecule has 128 valence electrons. The fraction of sp³-hybridized carbons (Fsp3) is 0.647. The summed E-state index contributed by atoms with van der Waals surface area (Å²) in [7, 11) is 0. The van der Waals surface area contributed by atoms with Gasteiger partial charge >= 0.3 is 6.61 Å². The van der Waals surface area contributed by atoms with Gasteiger partial charge in [0, 0.05) is 44.8 Å². The highest BCUT2D eigenvalue weighted by Gasteiger charge is 2.28. The normalized spacial score (nSPS) is 25.0. The van der Waals surface area contributed by atoms with Gasteiger partial charge in [-0.1, -0.05) is 12.1 Å². The summed E-state index contributed by atoms with van der Waals surface area (Å²) in [4.78, 5) is 5.05. The van der Waals surface area contributed by atoms with Crippen LogP contribution >= 0.6 is 0 Å². The third kappa shape index (κ3) is 4.19. The van der Waals surface area contributed by atoms with E-state index in [1.165, 1.54) is 6.42 Å². The number of benzene rings is 1. The van der Waals surface area contributed by atoms with Gasteiger partial charge in [-0.15, -0.1) is 0 Å². The lowest BCUT2D eigenvalue weighted by Crippen LogP contribution is -2.51. The lowest BCUT2D eigenvalue weighted by atomic mass is 10.1. The average Bonchev–Trinajstić information content (AvgIpc) is 3.09. The largest absolute Gasteiger partial charge is 0.435 e. The number of hydrogen-bond acceptors (Lipinski definition) is 4. The van der Waals surface area contributed by atoms with E-state index in [1.807, 2.05) is 12.1 Å². The van der Waals surface area contributed by atoms with Crippen molar-refractivity contribution in [2.45, 2.75) is 32.0 Å². The van der Waals surface area contributed by atoms with E-state index in [-0.39, 0.29) is 5.75 Å². The van der Waals surface area contributed by atoms with Gasteiger partial charge in [-0.2, -0.15) is 8.78 Å². The van der Waals surface area contributed by atoms with E-state index in [2.05, 4.69) is 26.8 Å². The molecule has 2 saturated heterocycles. The highest BCUT2D eigenvalue weighted by atomic mass is 19.3. The molecule has 0 aromatic heterocycles. The Kier molecular flexibility index (Phi) is 5.46. The Bertz CT molecular complexity index is 483. The van der Waals surface area contributed by atoms with Crippen LogP contribution in [0.2, 0.25) is 0 Å². The van der Waals surface area contributed by atoms with Gasteiger partial charge < -0.3 is 10.1 Å². The molecule has 23 heavy (non-hydrogen) atoms. The van der Waals surface area contributed by atoms with Gasteiger partial charge in [-0.25, -0.2) is 0 Å². The van der Waals surface area contributed by atoms with Crippen LogP contribution in [0.15, 0.2) is 24.3 Å². The number of rotatable bonds is 5. The van der Waals surface area contributed by atoms with Crippen LogP contribution in [0.4, 0.5) is 8.78 Å². The summed E-state index contributed by atoms with van der Waals surface area (Å²) in [5.41, 5.74) is 1.14. The molecule has 0 saturated carbocycles. The van der Waals surface area contributed by atoms with Crippen LogP contribution < -0.4 is 10.1 Å². The first-order valence-electron chi connectivity index (χ1n) is 8.37. The summed E-state index contributed by atoms with van der Waals surface area (Å²) in [6, 6.07) is 8.00. The van der Waals surface area contributed by atoms with Crippen LogP contribution in [0.25, 0.3) is 0 Å². The zero-order valence-electron chi connectivity index (χ0n) is 13.5. The Hall–Kier alpha value is -1.24. The van der Waals surface area contributed by atoms with Gasteiger partial charge in [0.2, 0.25) is 0 Å². The number of hydrogen-bond donors (Lipinski definition) is 1. The molecule has 2 atom stereocenters. The monoisotopic (exact) mass is 325 g/mol. The van der Waals surface area contributed by atoms with Crippen molar-refractivity contribution in [1.82, 2.24) is 15.1 Å². The van der Waals surface area contributed by atoms with Gasteiger partial charge in [0.25, 0.3) is 0 Å². The number of halogens is 2. The van der Waals surface area contributed by atoms with E-state index < -0.39 is 6.61 Å². The molecule has 1 aromatic rings. The van der Waals surface area contributed by atoms with Crippen molar-refractivity contribution in [3.8, 4) is 5.75 Å². The number of alkyl halides is 2. The fourth-order valence-electron chi connectivity index (χ4n) is 3.58. The summed E-state index contributed by atoms with van der Waals surface area (Å²) < 4.78 is 28.8. The summed E-state index contributed by atoms with van der Waals surface area (Å²) in [6.45, 7) is 5.95. The highest BCUT2D eigenvalue weighted by molar-refractivity contribution is 5.29. The zero-order chi connectivity index (χ0) is 16.2. The smallest absolute Gasteiger partial charge is 0.387 e. The first-order valence-corrected chi connectivity index (χ1v) is 8.37. The molecule has 2 aliphatic rings. The minimum absolute atomic E-state index is 0.217. The second kappa shape index (κ2) is 7.55. The van der Waals surface area contributed by atoms with Crippen LogP contribution in [0.3, 0.4) is 0 Å². The maximum absolute atomic E-state index is 12.2. The van der Waals surface area contributed by atoms with E-state index in [9.17, 15) is 8.78 Å². The molecule has 1 aromatic carbocycles. The van der Waals surface area contributed by atoms with E-state index in [0.717, 1.165) is 44.8 Å². The topological polar surface area (TPSA) is 27.7 Å². The third-order valence-corrected chi connectivity index (χ3v) is 5.03. The molecule has 6 heteroatoms. The molecule has 2 unspecified atom stereocenters. The average molecular weight is 325 g/mol. The van der Waals surface area contributed by atoms with Crippen molar-refractivity contribution in [2.75, 3.05) is 39.3 Å². The molecule has 0 bridgehead atoms. The Balaban J connectivity index is 1.53. The molecule has 2 heterocycles. The molecule has 2 aliphatic heterocycles. The van der Waals surface area contributed by atoms with Gasteiger partial charge in [0.05, 0.1) is 0 Å². The molecule has 3 rings (SSSR count). The Labute approximate surface area is 136 Å². The van der Waals surface area contributed by atoms with Crippen molar-refractivity contribution in [3.05, 3.63) is 29.8 Å². The Morgan fingerprint density at radius 3 is 2.39 bits per heavy atom. The van der Waals surface area contributed by atoms with Gasteiger partial charge in [0.15, 0.2) is 0 Å². The molecular formula is C17H25F2N3O. The van der Waals surface area contributed by atoms with Crippen LogP contribution in [0.5, 0.6) is 5.75 Å². The summed E-state index contributed by atoms with van der Waals surface area (Å²) in [6.07, 6.45) is 1.25. The van der Waals surface area contributed by atoms with E-state index >= 15 is 0 Å². The standard InChI is InChI=1S/C17H25F2N3O/c1-13(14-2-4-16(5-3-14)23-17(18)19)21-8-10-22(11-9-21)15-6-7-20-12-15/h2-5,13,15,17,20H,6-12H2,1H3. The van der Waals surface area contributed by atoms with Gasteiger partial charge in [-0.3, -0.25) is 9.80 Å². The van der Waals surface area contributed by atoms with Crippen molar-refractivity contribution in [3.63, 3.8) is 0 Å². The third-order valence-electron chi connectivity index (χ3n) is 5.03. The predicted octanol–water partition coefficient (Wildman–Crippen LogP) is 2.33. The lowest BCUT2D eigenvalue weighted by molar-refractivity contribution is -0.0498. The van der Waals surface area contributed by atoms with Crippen molar-refractivity contribution < 1.29 is 13.5 Å². The highest BCUT2D eigenvalue weighted by Crippen LogP contribution is 2.25. The maximum Gasteiger partial charge on any atom is 0.387 e. The summed E-state index contributed by atoms with van der Waals surface area (Å²) >= 11 is 0. The van der Waals surface area contributed by atoms with Crippen LogP contribution in [0.1, 0.15) is 24.9 Å². The number of piperazine rings is 1. The Morgan fingerprint density at radius 2 is 1.83 bits per heavy atom. The fourth-order valence-corrected chi connectivity index (χ4v) is 3.58. The van der Waals surface area contributed by atoms with E-state index in [0.29, 0.717) is 12.1 Å².